The number of nitrogens with one attached hydrogen (secondary N) is 2. The first-order chi connectivity index (χ1) is 11.1. The van der Waals surface area contributed by atoms with Gasteiger partial charge in [0, 0.05) is 16.9 Å². The Bertz CT molecular complexity index is 725. The molecule has 2 N–H and O–H groups in total. The highest BCUT2D eigenvalue weighted by atomic mass is 32.2. The Balaban J connectivity index is 1.61. The third kappa shape index (κ3) is 4.13. The van der Waals surface area contributed by atoms with Gasteiger partial charge in [0.2, 0.25) is 5.91 Å². The SMILES string of the molecule is Cc1cc(CSc2ccccc2C(=O)NNC(=O)C2CC2)on1. The van der Waals surface area contributed by atoms with Crippen molar-refractivity contribution in [3.63, 3.8) is 0 Å². The van der Waals surface area contributed by atoms with E-state index in [2.05, 4.69) is 16.0 Å². The summed E-state index contributed by atoms with van der Waals surface area (Å²) in [6, 6.07) is 9.12. The quantitative estimate of drug-likeness (QED) is 0.649. The molecule has 0 saturated heterocycles. The molecular formula is C16H17N3O3S. The van der Waals surface area contributed by atoms with Crippen LogP contribution < -0.4 is 10.9 Å². The smallest absolute Gasteiger partial charge is 0.270 e. The van der Waals surface area contributed by atoms with Gasteiger partial charge < -0.3 is 4.52 Å². The number of carbonyl (C=O) groups excluding carboxylic acids is 2. The van der Waals surface area contributed by atoms with Crippen molar-refractivity contribution in [3.05, 3.63) is 47.3 Å². The Morgan fingerprint density at radius 2 is 2.09 bits per heavy atom. The van der Waals surface area contributed by atoms with Gasteiger partial charge in [0.15, 0.2) is 0 Å². The molecule has 1 aliphatic rings. The molecule has 1 aliphatic carbocycles. The van der Waals surface area contributed by atoms with Gasteiger partial charge in [-0.05, 0) is 31.9 Å². The zero-order chi connectivity index (χ0) is 16.2. The molecule has 0 radical (unpaired) electrons. The van der Waals surface area contributed by atoms with Gasteiger partial charge in [0.05, 0.1) is 17.0 Å². The van der Waals surface area contributed by atoms with Crippen molar-refractivity contribution in [3.8, 4) is 0 Å². The van der Waals surface area contributed by atoms with Crippen LogP contribution in [-0.2, 0) is 10.5 Å². The molecule has 0 aliphatic heterocycles. The number of thioether (sulfide) groups is 1. The maximum atomic E-state index is 12.3. The van der Waals surface area contributed by atoms with Crippen molar-refractivity contribution in [2.45, 2.75) is 30.4 Å². The van der Waals surface area contributed by atoms with Gasteiger partial charge in [-0.2, -0.15) is 0 Å². The van der Waals surface area contributed by atoms with Crippen molar-refractivity contribution in [1.29, 1.82) is 0 Å². The van der Waals surface area contributed by atoms with E-state index in [1.807, 2.05) is 25.1 Å². The number of carbonyl (C=O) groups is 2. The van der Waals surface area contributed by atoms with Crippen LogP contribution in [0.2, 0.25) is 0 Å². The van der Waals surface area contributed by atoms with Crippen LogP contribution in [-0.4, -0.2) is 17.0 Å². The largest absolute Gasteiger partial charge is 0.360 e. The minimum atomic E-state index is -0.323. The molecule has 3 rings (SSSR count). The number of amides is 2. The van der Waals surface area contributed by atoms with E-state index in [1.54, 1.807) is 12.1 Å². The van der Waals surface area contributed by atoms with Crippen LogP contribution in [0.1, 0.15) is 34.7 Å². The number of hydrazine groups is 1. The third-order valence-corrected chi connectivity index (χ3v) is 4.52. The zero-order valence-corrected chi connectivity index (χ0v) is 13.5. The number of hydrogen-bond acceptors (Lipinski definition) is 5. The highest BCUT2D eigenvalue weighted by Gasteiger charge is 2.29. The Morgan fingerprint density at radius 3 is 2.78 bits per heavy atom. The summed E-state index contributed by atoms with van der Waals surface area (Å²) in [7, 11) is 0. The zero-order valence-electron chi connectivity index (χ0n) is 12.7. The van der Waals surface area contributed by atoms with Gasteiger partial charge in [-0.1, -0.05) is 17.3 Å². The molecule has 1 fully saturated rings. The van der Waals surface area contributed by atoms with Gasteiger partial charge in [-0.3, -0.25) is 20.4 Å². The summed E-state index contributed by atoms with van der Waals surface area (Å²) in [6.45, 7) is 1.86. The van der Waals surface area contributed by atoms with E-state index in [0.29, 0.717) is 11.3 Å². The number of aromatic nitrogens is 1. The lowest BCUT2D eigenvalue weighted by atomic mass is 10.2. The first kappa shape index (κ1) is 15.6. The summed E-state index contributed by atoms with van der Waals surface area (Å²) in [4.78, 5) is 24.7. The Morgan fingerprint density at radius 1 is 1.30 bits per heavy atom. The molecule has 2 amide bonds. The number of benzene rings is 1. The molecule has 23 heavy (non-hydrogen) atoms. The predicted octanol–water partition coefficient (Wildman–Crippen LogP) is 2.45. The molecule has 1 saturated carbocycles. The second kappa shape index (κ2) is 6.87. The maximum absolute atomic E-state index is 12.3. The van der Waals surface area contributed by atoms with Crippen LogP contribution >= 0.6 is 11.8 Å². The molecule has 0 unspecified atom stereocenters. The van der Waals surface area contributed by atoms with Crippen LogP contribution in [0.3, 0.4) is 0 Å². The van der Waals surface area contributed by atoms with Gasteiger partial charge in [-0.25, -0.2) is 0 Å². The first-order valence-corrected chi connectivity index (χ1v) is 8.36. The Labute approximate surface area is 138 Å². The number of hydrogen-bond donors (Lipinski definition) is 2. The highest BCUT2D eigenvalue weighted by molar-refractivity contribution is 7.98. The number of aryl methyl sites for hydroxylation is 1. The Kier molecular flexibility index (Phi) is 4.66. The molecular weight excluding hydrogens is 314 g/mol. The fraction of sp³-hybridized carbons (Fsp3) is 0.312. The molecule has 1 heterocycles. The monoisotopic (exact) mass is 331 g/mol. The molecule has 1 aromatic heterocycles. The van der Waals surface area contributed by atoms with Crippen molar-refractivity contribution in [2.75, 3.05) is 0 Å². The summed E-state index contributed by atoms with van der Waals surface area (Å²) in [5.74, 6) is 0.940. The molecule has 0 atom stereocenters. The molecule has 7 heteroatoms. The molecule has 0 spiro atoms. The minimum absolute atomic E-state index is 0.0506. The van der Waals surface area contributed by atoms with Crippen molar-refractivity contribution in [1.82, 2.24) is 16.0 Å². The van der Waals surface area contributed by atoms with Crippen LogP contribution in [0.5, 0.6) is 0 Å². The van der Waals surface area contributed by atoms with E-state index in [4.69, 9.17) is 4.52 Å². The topological polar surface area (TPSA) is 84.2 Å². The van der Waals surface area contributed by atoms with Crippen LogP contribution in [0, 0.1) is 12.8 Å². The van der Waals surface area contributed by atoms with Gasteiger partial charge in [0.25, 0.3) is 5.91 Å². The normalized spacial score (nSPS) is 13.6. The predicted molar refractivity (Wildman–Crippen MR) is 85.6 cm³/mol. The average Bonchev–Trinajstić information content (AvgIpc) is 3.33. The second-order valence-corrected chi connectivity index (χ2v) is 6.45. The van der Waals surface area contributed by atoms with E-state index in [0.717, 1.165) is 29.2 Å². The van der Waals surface area contributed by atoms with E-state index >= 15 is 0 Å². The van der Waals surface area contributed by atoms with Gasteiger partial charge >= 0.3 is 0 Å². The third-order valence-electron chi connectivity index (χ3n) is 3.43. The minimum Gasteiger partial charge on any atom is -0.360 e. The lowest BCUT2D eigenvalue weighted by Crippen LogP contribution is -2.42. The van der Waals surface area contributed by atoms with Crippen molar-refractivity contribution < 1.29 is 14.1 Å². The van der Waals surface area contributed by atoms with Crippen LogP contribution in [0.25, 0.3) is 0 Å². The Hall–Kier alpha value is -2.28. The summed E-state index contributed by atoms with van der Waals surface area (Å²) >= 11 is 1.49. The van der Waals surface area contributed by atoms with Crippen LogP contribution in [0.15, 0.2) is 39.8 Å². The number of rotatable bonds is 5. The standard InChI is InChI=1S/C16H17N3O3S/c1-10-8-12(22-19-10)9-23-14-5-3-2-4-13(14)16(21)18-17-15(20)11-6-7-11/h2-5,8,11H,6-7,9H2,1H3,(H,17,20)(H,18,21). The van der Waals surface area contributed by atoms with Crippen LogP contribution in [0.4, 0.5) is 0 Å². The second-order valence-electron chi connectivity index (χ2n) is 5.44. The fourth-order valence-electron chi connectivity index (χ4n) is 2.05. The molecule has 1 aromatic carbocycles. The van der Waals surface area contributed by atoms with Crippen molar-refractivity contribution in [2.24, 2.45) is 5.92 Å². The van der Waals surface area contributed by atoms with Gasteiger partial charge in [0.1, 0.15) is 5.76 Å². The molecule has 120 valence electrons. The van der Waals surface area contributed by atoms with E-state index in [-0.39, 0.29) is 17.7 Å². The summed E-state index contributed by atoms with van der Waals surface area (Å²) < 4.78 is 5.17. The lowest BCUT2D eigenvalue weighted by Gasteiger charge is -2.10. The van der Waals surface area contributed by atoms with E-state index < -0.39 is 0 Å². The van der Waals surface area contributed by atoms with E-state index in [9.17, 15) is 9.59 Å². The molecule has 0 bridgehead atoms. The summed E-state index contributed by atoms with van der Waals surface area (Å²) in [6.07, 6.45) is 1.79. The van der Waals surface area contributed by atoms with Gasteiger partial charge in [-0.15, -0.1) is 11.8 Å². The average molecular weight is 331 g/mol. The summed E-state index contributed by atoms with van der Waals surface area (Å²) in [5, 5.41) is 3.84. The van der Waals surface area contributed by atoms with E-state index in [1.165, 1.54) is 11.8 Å². The number of nitrogens with zero attached hydrogens (tertiary/aromatic N) is 1. The summed E-state index contributed by atoms with van der Waals surface area (Å²) in [5.41, 5.74) is 6.29. The van der Waals surface area contributed by atoms with Crippen molar-refractivity contribution >= 4 is 23.6 Å². The maximum Gasteiger partial charge on any atom is 0.270 e. The highest BCUT2D eigenvalue weighted by Crippen LogP contribution is 2.29. The fourth-order valence-corrected chi connectivity index (χ4v) is 2.97. The molecule has 6 nitrogen and oxygen atoms in total. The molecule has 2 aromatic rings. The first-order valence-electron chi connectivity index (χ1n) is 7.37. The lowest BCUT2D eigenvalue weighted by molar-refractivity contribution is -0.123.